The van der Waals surface area contributed by atoms with Gasteiger partial charge in [-0.1, -0.05) is 18.2 Å². The van der Waals surface area contributed by atoms with Crippen LogP contribution in [0.5, 0.6) is 0 Å². The molecule has 0 saturated carbocycles. The molecular formula is C17H13FN3O2+. The predicted octanol–water partition coefficient (Wildman–Crippen LogP) is 1.27. The number of carbonyl (C=O) groups is 2. The summed E-state index contributed by atoms with van der Waals surface area (Å²) in [6.07, 6.45) is 1.55. The first kappa shape index (κ1) is 13.6. The summed E-state index contributed by atoms with van der Waals surface area (Å²) in [4.78, 5) is 30.7. The molecule has 2 heterocycles. The molecule has 0 aliphatic carbocycles. The Hall–Kier alpha value is -3.02. The molecule has 2 aliphatic heterocycles. The van der Waals surface area contributed by atoms with Gasteiger partial charge in [-0.15, -0.1) is 0 Å². The third kappa shape index (κ3) is 1.88. The van der Waals surface area contributed by atoms with Crippen molar-refractivity contribution in [2.75, 3.05) is 9.80 Å². The van der Waals surface area contributed by atoms with Crippen molar-refractivity contribution in [3.05, 3.63) is 53.8 Å². The fourth-order valence-corrected chi connectivity index (χ4v) is 2.95. The summed E-state index contributed by atoms with van der Waals surface area (Å²) in [6.45, 7) is 1.75. The second kappa shape index (κ2) is 4.74. The van der Waals surface area contributed by atoms with Gasteiger partial charge in [-0.3, -0.25) is 9.69 Å². The van der Waals surface area contributed by atoms with Crippen molar-refractivity contribution in [2.45, 2.75) is 13.0 Å². The van der Waals surface area contributed by atoms with Gasteiger partial charge >= 0.3 is 6.03 Å². The molecule has 0 bridgehead atoms. The summed E-state index contributed by atoms with van der Waals surface area (Å²) < 4.78 is 14.2. The zero-order chi connectivity index (χ0) is 16.1. The van der Waals surface area contributed by atoms with Crippen molar-refractivity contribution in [2.24, 2.45) is 0 Å². The first-order valence-electron chi connectivity index (χ1n) is 7.20. The lowest BCUT2D eigenvalue weighted by Gasteiger charge is -2.20. The van der Waals surface area contributed by atoms with E-state index in [1.807, 2.05) is 12.1 Å². The van der Waals surface area contributed by atoms with E-state index >= 15 is 0 Å². The van der Waals surface area contributed by atoms with Crippen LogP contribution in [-0.2, 0) is 4.79 Å². The Morgan fingerprint density at radius 1 is 1.09 bits per heavy atom. The maximum absolute atomic E-state index is 14.2. The highest BCUT2D eigenvalue weighted by Crippen LogP contribution is 2.34. The van der Waals surface area contributed by atoms with Crippen molar-refractivity contribution in [1.82, 2.24) is 0 Å². The number of hydrogen-bond acceptors (Lipinski definition) is 2. The molecule has 6 heteroatoms. The van der Waals surface area contributed by atoms with Gasteiger partial charge < -0.3 is 0 Å². The average molecular weight is 310 g/mol. The minimum Gasteiger partial charge on any atom is -0.271 e. The van der Waals surface area contributed by atoms with Gasteiger partial charge in [0.1, 0.15) is 11.5 Å². The van der Waals surface area contributed by atoms with Crippen molar-refractivity contribution in [3.8, 4) is 0 Å². The van der Waals surface area contributed by atoms with E-state index in [1.54, 1.807) is 31.3 Å². The summed E-state index contributed by atoms with van der Waals surface area (Å²) >= 11 is 0. The van der Waals surface area contributed by atoms with Crippen LogP contribution < -0.4 is 14.8 Å². The molecule has 1 atom stereocenters. The highest BCUT2D eigenvalue weighted by Gasteiger charge is 2.50. The molecule has 114 valence electrons. The maximum atomic E-state index is 14.2. The summed E-state index contributed by atoms with van der Waals surface area (Å²) in [5.41, 5.74) is 2.04. The lowest BCUT2D eigenvalue weighted by molar-refractivity contribution is -0.350. The van der Waals surface area contributed by atoms with Gasteiger partial charge in [0.05, 0.1) is 5.69 Å². The van der Waals surface area contributed by atoms with E-state index in [0.29, 0.717) is 5.69 Å². The molecule has 0 spiro atoms. The van der Waals surface area contributed by atoms with E-state index in [-0.39, 0.29) is 5.69 Å². The van der Waals surface area contributed by atoms with Crippen LogP contribution in [0.25, 0.3) is 0 Å². The zero-order valence-corrected chi connectivity index (χ0v) is 12.3. The summed E-state index contributed by atoms with van der Waals surface area (Å²) in [5, 5.41) is 0. The van der Waals surface area contributed by atoms with Crippen molar-refractivity contribution >= 4 is 35.2 Å². The Bertz CT molecular complexity index is 878. The number of anilines is 2. The van der Waals surface area contributed by atoms with Gasteiger partial charge in [0, 0.05) is 6.07 Å². The monoisotopic (exact) mass is 310 g/mol. The molecule has 2 aliphatic rings. The van der Waals surface area contributed by atoms with E-state index < -0.39 is 23.8 Å². The minimum absolute atomic E-state index is 0.0223. The Morgan fingerprint density at radius 2 is 1.87 bits per heavy atom. The van der Waals surface area contributed by atoms with Gasteiger partial charge in [-0.05, 0) is 30.7 Å². The first-order chi connectivity index (χ1) is 11.1. The number of benzene rings is 2. The van der Waals surface area contributed by atoms with E-state index in [2.05, 4.69) is 4.99 Å². The van der Waals surface area contributed by atoms with Crippen LogP contribution in [0.4, 0.5) is 26.2 Å². The third-order valence-corrected chi connectivity index (χ3v) is 4.05. The maximum Gasteiger partial charge on any atom is 0.337 e. The van der Waals surface area contributed by atoms with Gasteiger partial charge in [0.15, 0.2) is 12.3 Å². The fourth-order valence-electron chi connectivity index (χ4n) is 2.95. The number of aryl methyl sites for hydroxylation is 1. The number of halogens is 1. The van der Waals surface area contributed by atoms with E-state index in [0.717, 1.165) is 16.2 Å². The third-order valence-electron chi connectivity index (χ3n) is 4.05. The van der Waals surface area contributed by atoms with Crippen molar-refractivity contribution in [3.63, 3.8) is 0 Å². The number of para-hydroxylation sites is 2. The molecular weight excluding hydrogens is 297 g/mol. The lowest BCUT2D eigenvalue weighted by atomic mass is 10.1. The molecule has 1 unspecified atom stereocenters. The van der Waals surface area contributed by atoms with Crippen LogP contribution in [0, 0.1) is 12.7 Å². The first-order valence-corrected chi connectivity index (χ1v) is 7.20. The highest BCUT2D eigenvalue weighted by atomic mass is 19.1. The second-order valence-corrected chi connectivity index (χ2v) is 5.55. The molecule has 2 aromatic carbocycles. The van der Waals surface area contributed by atoms with E-state index in [1.165, 1.54) is 17.0 Å². The van der Waals surface area contributed by atoms with Crippen molar-refractivity contribution in [1.29, 1.82) is 0 Å². The smallest absolute Gasteiger partial charge is 0.271 e. The van der Waals surface area contributed by atoms with Gasteiger partial charge in [-0.2, -0.15) is 0 Å². The number of urea groups is 1. The number of fused-ring (bicyclic) bond motifs is 3. The molecule has 2 aromatic rings. The highest BCUT2D eigenvalue weighted by molar-refractivity contribution is 6.33. The molecule has 3 amide bonds. The Morgan fingerprint density at radius 3 is 2.65 bits per heavy atom. The Kier molecular flexibility index (Phi) is 2.81. The number of amides is 3. The molecule has 4 rings (SSSR count). The molecule has 5 nitrogen and oxygen atoms in total. The van der Waals surface area contributed by atoms with Crippen LogP contribution in [-0.4, -0.2) is 24.2 Å². The minimum atomic E-state index is -0.780. The lowest BCUT2D eigenvalue weighted by Crippen LogP contribution is -2.69. The SMILES string of the molecule is Cc1ccc(N2C(=O)C3C=[NH+]c4ccccc4N3C2=O)c(F)c1. The van der Waals surface area contributed by atoms with Crippen LogP contribution in [0.1, 0.15) is 5.56 Å². The Labute approximate surface area is 131 Å². The summed E-state index contributed by atoms with van der Waals surface area (Å²) in [7, 11) is 0. The normalized spacial score (nSPS) is 19.1. The van der Waals surface area contributed by atoms with E-state index in [9.17, 15) is 14.0 Å². The number of nitrogens with one attached hydrogen (secondary N) is 1. The van der Waals surface area contributed by atoms with Gasteiger partial charge in [0.25, 0.3) is 5.91 Å². The quantitative estimate of drug-likeness (QED) is 0.807. The van der Waals surface area contributed by atoms with Crippen LogP contribution in [0.15, 0.2) is 42.5 Å². The molecule has 1 fully saturated rings. The van der Waals surface area contributed by atoms with E-state index in [4.69, 9.17) is 0 Å². The summed E-state index contributed by atoms with van der Waals surface area (Å²) in [6, 6.07) is 10.3. The molecule has 1 saturated heterocycles. The topological polar surface area (TPSA) is 54.6 Å². The summed E-state index contributed by atoms with van der Waals surface area (Å²) in [5.74, 6) is -1.06. The number of carbonyl (C=O) groups excluding carboxylic acids is 2. The fraction of sp³-hybridized carbons (Fsp3) is 0.118. The largest absolute Gasteiger partial charge is 0.337 e. The van der Waals surface area contributed by atoms with Crippen LogP contribution in [0.3, 0.4) is 0 Å². The molecule has 0 radical (unpaired) electrons. The molecule has 1 N–H and O–H groups in total. The Balaban J connectivity index is 1.83. The number of imide groups is 1. The van der Waals surface area contributed by atoms with Crippen molar-refractivity contribution < 1.29 is 19.0 Å². The van der Waals surface area contributed by atoms with Gasteiger partial charge in [0.2, 0.25) is 5.69 Å². The molecule has 23 heavy (non-hydrogen) atoms. The number of hydrogen-bond donors (Lipinski definition) is 1. The second-order valence-electron chi connectivity index (χ2n) is 5.55. The van der Waals surface area contributed by atoms with Crippen LogP contribution in [0.2, 0.25) is 0 Å². The zero-order valence-electron chi connectivity index (χ0n) is 12.3. The predicted molar refractivity (Wildman–Crippen MR) is 83.4 cm³/mol. The standard InChI is InChI=1S/C17H12FN3O2/c1-10-6-7-13(11(18)8-10)21-16(22)15-9-19-12-4-2-3-5-14(12)20(15)17(21)23/h2-9,15H,1H3/p+1. The molecule has 0 aromatic heterocycles. The number of nitrogens with zero attached hydrogens (tertiary/aromatic N) is 2. The van der Waals surface area contributed by atoms with Crippen LogP contribution >= 0.6 is 0 Å². The van der Waals surface area contributed by atoms with Gasteiger partial charge in [-0.25, -0.2) is 19.1 Å². The number of rotatable bonds is 1. The average Bonchev–Trinajstić information content (AvgIpc) is 2.80.